The van der Waals surface area contributed by atoms with E-state index in [0.717, 1.165) is 12.1 Å². The lowest BCUT2D eigenvalue weighted by Gasteiger charge is -2.15. The zero-order chi connectivity index (χ0) is 17.3. The van der Waals surface area contributed by atoms with Gasteiger partial charge in [-0.2, -0.15) is 13.2 Å². The van der Waals surface area contributed by atoms with E-state index in [-0.39, 0.29) is 12.4 Å². The van der Waals surface area contributed by atoms with E-state index in [1.807, 2.05) is 0 Å². The van der Waals surface area contributed by atoms with Crippen LogP contribution >= 0.6 is 0 Å². The molecule has 0 aliphatic carbocycles. The summed E-state index contributed by atoms with van der Waals surface area (Å²) in [7, 11) is 0. The van der Waals surface area contributed by atoms with Crippen LogP contribution in [-0.4, -0.2) is 18.6 Å². The molecular weight excluding hydrogens is 326 g/mol. The number of rotatable bonds is 3. The van der Waals surface area contributed by atoms with Crippen molar-refractivity contribution in [2.45, 2.75) is 18.7 Å². The highest BCUT2D eigenvalue weighted by atomic mass is 19.4. The van der Waals surface area contributed by atoms with Crippen molar-refractivity contribution in [3.8, 4) is 5.75 Å². The summed E-state index contributed by atoms with van der Waals surface area (Å²) in [6, 6.07) is 8.68. The molecule has 1 heterocycles. The second-order valence-corrected chi connectivity index (χ2v) is 5.45. The molecule has 1 amide bonds. The molecule has 0 bridgehead atoms. The maximum atomic E-state index is 13.1. The van der Waals surface area contributed by atoms with Crippen LogP contribution in [0.1, 0.15) is 21.5 Å². The minimum Gasteiger partial charge on any atom is -0.488 e. The van der Waals surface area contributed by atoms with Crippen LogP contribution in [0.3, 0.4) is 0 Å². The average Bonchev–Trinajstić information content (AvgIpc) is 2.93. The maximum absolute atomic E-state index is 13.1. The van der Waals surface area contributed by atoms with Gasteiger partial charge >= 0.3 is 6.18 Å². The Morgan fingerprint density at radius 1 is 1.21 bits per heavy atom. The van der Waals surface area contributed by atoms with Crippen molar-refractivity contribution in [2.24, 2.45) is 0 Å². The van der Waals surface area contributed by atoms with Gasteiger partial charge in [-0.05, 0) is 30.3 Å². The number of carbonyl (C=O) groups is 1. The van der Waals surface area contributed by atoms with Gasteiger partial charge in [-0.1, -0.05) is 12.1 Å². The van der Waals surface area contributed by atoms with Crippen molar-refractivity contribution in [3.05, 3.63) is 65.0 Å². The molecule has 2 aromatic rings. The minimum atomic E-state index is -4.61. The average molecular weight is 339 g/mol. The molecule has 1 N–H and O–H groups in total. The Balaban J connectivity index is 1.66. The predicted octanol–water partition coefficient (Wildman–Crippen LogP) is 3.58. The van der Waals surface area contributed by atoms with Gasteiger partial charge < -0.3 is 10.1 Å². The third-order valence-electron chi connectivity index (χ3n) is 3.73. The van der Waals surface area contributed by atoms with E-state index >= 15 is 0 Å². The molecule has 2 aromatic carbocycles. The molecule has 3 rings (SSSR count). The van der Waals surface area contributed by atoms with E-state index in [1.165, 1.54) is 30.3 Å². The number of carbonyl (C=O) groups excluding carboxylic acids is 1. The third-order valence-corrected chi connectivity index (χ3v) is 3.73. The van der Waals surface area contributed by atoms with Crippen molar-refractivity contribution in [2.75, 3.05) is 6.54 Å². The Kier molecular flexibility index (Phi) is 4.17. The number of amides is 1. The molecule has 0 spiro atoms. The Bertz CT molecular complexity index is 773. The molecule has 0 aromatic heterocycles. The van der Waals surface area contributed by atoms with E-state index in [0.29, 0.717) is 17.7 Å². The molecule has 1 aliphatic heterocycles. The summed E-state index contributed by atoms with van der Waals surface area (Å²) < 4.78 is 57.5. The molecule has 0 saturated heterocycles. The zero-order valence-corrected chi connectivity index (χ0v) is 12.4. The van der Waals surface area contributed by atoms with Crippen LogP contribution in [0.15, 0.2) is 42.5 Å². The number of hydrogen-bond donors (Lipinski definition) is 1. The number of halogens is 4. The van der Waals surface area contributed by atoms with Crippen LogP contribution in [0, 0.1) is 5.82 Å². The van der Waals surface area contributed by atoms with E-state index in [9.17, 15) is 22.4 Å². The Labute approximate surface area is 135 Å². The molecule has 1 aliphatic rings. The highest BCUT2D eigenvalue weighted by Crippen LogP contribution is 2.32. The SMILES string of the molecule is O=C(NC[C@@H]1Cc2cc(F)ccc2O1)c1ccccc1C(F)(F)F. The maximum Gasteiger partial charge on any atom is 0.417 e. The molecule has 0 saturated carbocycles. The quantitative estimate of drug-likeness (QED) is 0.868. The summed E-state index contributed by atoms with van der Waals surface area (Å²) in [6.45, 7) is 0.0291. The molecular formula is C17H13F4NO2. The first-order valence-corrected chi connectivity index (χ1v) is 7.24. The number of hydrogen-bond acceptors (Lipinski definition) is 2. The molecule has 1 atom stereocenters. The fraction of sp³-hybridized carbons (Fsp3) is 0.235. The van der Waals surface area contributed by atoms with E-state index in [2.05, 4.69) is 5.32 Å². The van der Waals surface area contributed by atoms with Gasteiger partial charge in [0.2, 0.25) is 0 Å². The lowest BCUT2D eigenvalue weighted by atomic mass is 10.1. The van der Waals surface area contributed by atoms with Gasteiger partial charge in [-0.25, -0.2) is 4.39 Å². The molecule has 126 valence electrons. The molecule has 3 nitrogen and oxygen atoms in total. The largest absolute Gasteiger partial charge is 0.488 e. The van der Waals surface area contributed by atoms with E-state index < -0.39 is 29.3 Å². The lowest BCUT2D eigenvalue weighted by molar-refractivity contribution is -0.137. The second-order valence-electron chi connectivity index (χ2n) is 5.45. The fourth-order valence-corrected chi connectivity index (χ4v) is 2.63. The van der Waals surface area contributed by atoms with Gasteiger partial charge in [0, 0.05) is 12.0 Å². The van der Waals surface area contributed by atoms with Gasteiger partial charge in [-0.15, -0.1) is 0 Å². The summed E-state index contributed by atoms with van der Waals surface area (Å²) in [5.74, 6) is -0.693. The first-order valence-electron chi connectivity index (χ1n) is 7.24. The van der Waals surface area contributed by atoms with Gasteiger partial charge in [0.25, 0.3) is 5.91 Å². The Morgan fingerprint density at radius 3 is 2.71 bits per heavy atom. The highest BCUT2D eigenvalue weighted by Gasteiger charge is 2.35. The van der Waals surface area contributed by atoms with Crippen LogP contribution < -0.4 is 10.1 Å². The molecule has 0 fully saturated rings. The Hall–Kier alpha value is -2.57. The smallest absolute Gasteiger partial charge is 0.417 e. The number of ether oxygens (including phenoxy) is 1. The van der Waals surface area contributed by atoms with Crippen LogP contribution in [0.4, 0.5) is 17.6 Å². The Morgan fingerprint density at radius 2 is 1.96 bits per heavy atom. The standard InChI is InChI=1S/C17H13F4NO2/c18-11-5-6-15-10(7-11)8-12(24-15)9-22-16(23)13-3-1-2-4-14(13)17(19,20)21/h1-7,12H,8-9H2,(H,22,23)/t12-/m0/s1. The fourth-order valence-electron chi connectivity index (χ4n) is 2.63. The van der Waals surface area contributed by atoms with Crippen LogP contribution in [0.2, 0.25) is 0 Å². The monoisotopic (exact) mass is 339 g/mol. The summed E-state index contributed by atoms with van der Waals surface area (Å²) in [4.78, 5) is 12.1. The third kappa shape index (κ3) is 3.34. The zero-order valence-electron chi connectivity index (χ0n) is 12.4. The number of alkyl halides is 3. The minimum absolute atomic E-state index is 0.0291. The van der Waals surface area contributed by atoms with Crippen molar-refractivity contribution in [1.82, 2.24) is 5.32 Å². The van der Waals surface area contributed by atoms with Crippen LogP contribution in [0.5, 0.6) is 5.75 Å². The summed E-state index contributed by atoms with van der Waals surface area (Å²) >= 11 is 0. The highest BCUT2D eigenvalue weighted by molar-refractivity contribution is 5.95. The molecule has 7 heteroatoms. The van der Waals surface area contributed by atoms with Crippen molar-refractivity contribution in [1.29, 1.82) is 0 Å². The topological polar surface area (TPSA) is 38.3 Å². The van der Waals surface area contributed by atoms with Crippen molar-refractivity contribution in [3.63, 3.8) is 0 Å². The van der Waals surface area contributed by atoms with E-state index in [1.54, 1.807) is 0 Å². The molecule has 24 heavy (non-hydrogen) atoms. The van der Waals surface area contributed by atoms with Crippen LogP contribution in [0.25, 0.3) is 0 Å². The summed E-state index contributed by atoms with van der Waals surface area (Å²) in [5.41, 5.74) is -0.753. The second kappa shape index (κ2) is 6.14. The number of nitrogens with one attached hydrogen (secondary N) is 1. The van der Waals surface area contributed by atoms with E-state index in [4.69, 9.17) is 4.74 Å². The summed E-state index contributed by atoms with van der Waals surface area (Å²) in [6.07, 6.45) is -4.66. The molecule has 0 radical (unpaired) electrons. The van der Waals surface area contributed by atoms with Crippen LogP contribution in [-0.2, 0) is 12.6 Å². The van der Waals surface area contributed by atoms with Gasteiger partial charge in [0.15, 0.2) is 0 Å². The number of benzene rings is 2. The normalized spacial score (nSPS) is 16.4. The van der Waals surface area contributed by atoms with Gasteiger partial charge in [0.05, 0.1) is 17.7 Å². The van der Waals surface area contributed by atoms with Crippen molar-refractivity contribution < 1.29 is 27.1 Å². The number of fused-ring (bicyclic) bond motifs is 1. The van der Waals surface area contributed by atoms with Crippen molar-refractivity contribution >= 4 is 5.91 Å². The first kappa shape index (κ1) is 16.3. The summed E-state index contributed by atoms with van der Waals surface area (Å²) in [5, 5.41) is 2.45. The lowest BCUT2D eigenvalue weighted by Crippen LogP contribution is -2.35. The predicted molar refractivity (Wildman–Crippen MR) is 78.3 cm³/mol. The first-order chi connectivity index (χ1) is 11.3. The van der Waals surface area contributed by atoms with Gasteiger partial charge in [0.1, 0.15) is 17.7 Å². The molecule has 0 unspecified atom stereocenters. The van der Waals surface area contributed by atoms with Gasteiger partial charge in [-0.3, -0.25) is 4.79 Å².